The van der Waals surface area contributed by atoms with Crippen molar-refractivity contribution < 1.29 is 19.1 Å². The van der Waals surface area contributed by atoms with Gasteiger partial charge in [-0.1, -0.05) is 59.6 Å². The zero-order valence-electron chi connectivity index (χ0n) is 22.5. The molecule has 1 aromatic heterocycles. The van der Waals surface area contributed by atoms with Crippen LogP contribution >= 0.6 is 23.2 Å². The van der Waals surface area contributed by atoms with E-state index in [1.807, 2.05) is 48.7 Å². The van der Waals surface area contributed by atoms with Gasteiger partial charge in [-0.2, -0.15) is 0 Å². The molecule has 0 aliphatic heterocycles. The number of aromatic nitrogens is 1. The predicted octanol–water partition coefficient (Wildman–Crippen LogP) is 6.24. The minimum atomic E-state index is -0.447. The summed E-state index contributed by atoms with van der Waals surface area (Å²) in [5, 5.41) is 4.62. The summed E-state index contributed by atoms with van der Waals surface area (Å²) in [7, 11) is 3.16. The second-order valence-corrected chi connectivity index (χ2v) is 10.0. The molecule has 0 fully saturated rings. The number of carbonyl (C=O) groups is 2. The highest BCUT2D eigenvalue weighted by molar-refractivity contribution is 6.42. The minimum Gasteiger partial charge on any atom is -0.496 e. The Morgan fingerprint density at radius 2 is 1.68 bits per heavy atom. The van der Waals surface area contributed by atoms with Gasteiger partial charge in [0.1, 0.15) is 12.3 Å². The number of methoxy groups -OCH3 is 2. The van der Waals surface area contributed by atoms with E-state index in [0.717, 1.165) is 22.0 Å². The molecule has 4 rings (SSSR count). The number of carbonyl (C=O) groups excluding carboxylic acids is 2. The molecule has 0 saturated carbocycles. The first kappa shape index (κ1) is 29.3. The van der Waals surface area contributed by atoms with Crippen LogP contribution in [0.25, 0.3) is 10.9 Å². The maximum absolute atomic E-state index is 13.8. The van der Waals surface area contributed by atoms with Gasteiger partial charge in [0.25, 0.3) is 0 Å². The fourth-order valence-corrected chi connectivity index (χ4v) is 4.72. The number of fused-ring (bicyclic) bond motifs is 1. The number of halogens is 2. The lowest BCUT2D eigenvalue weighted by atomic mass is 10.1. The van der Waals surface area contributed by atoms with E-state index in [1.54, 1.807) is 37.3 Å². The molecule has 0 atom stereocenters. The summed E-state index contributed by atoms with van der Waals surface area (Å²) in [5.74, 6) is 0.493. The predicted molar refractivity (Wildman–Crippen MR) is 159 cm³/mol. The number of hydrogen-bond acceptors (Lipinski definition) is 4. The Hall–Kier alpha value is -3.72. The zero-order valence-corrected chi connectivity index (χ0v) is 24.0. The van der Waals surface area contributed by atoms with Crippen molar-refractivity contribution in [2.75, 3.05) is 45.8 Å². The first-order valence-electron chi connectivity index (χ1n) is 12.8. The lowest BCUT2D eigenvalue weighted by molar-refractivity contribution is -0.132. The molecular formula is C30H32Cl2N4O4. The molecule has 0 radical (unpaired) electrons. The number of aromatic amines is 1. The summed E-state index contributed by atoms with van der Waals surface area (Å²) in [5.41, 5.74) is 3.51. The summed E-state index contributed by atoms with van der Waals surface area (Å²) >= 11 is 12.1. The number of urea groups is 1. The summed E-state index contributed by atoms with van der Waals surface area (Å²) < 4.78 is 10.7. The minimum absolute atomic E-state index is 0.139. The van der Waals surface area contributed by atoms with E-state index < -0.39 is 6.03 Å². The number of para-hydroxylation sites is 2. The molecule has 4 aromatic rings. The number of ether oxygens (including phenoxy) is 2. The topological polar surface area (TPSA) is 86.9 Å². The van der Waals surface area contributed by atoms with Gasteiger partial charge in [-0.3, -0.25) is 4.79 Å². The fraction of sp³-hybridized carbons (Fsp3) is 0.267. The Balaban J connectivity index is 1.54. The Morgan fingerprint density at radius 3 is 2.45 bits per heavy atom. The number of nitrogens with zero attached hydrogens (tertiary/aromatic N) is 2. The maximum atomic E-state index is 13.8. The van der Waals surface area contributed by atoms with Crippen LogP contribution in [0.4, 0.5) is 10.5 Å². The summed E-state index contributed by atoms with van der Waals surface area (Å²) in [6, 6.07) is 20.0. The van der Waals surface area contributed by atoms with Crippen molar-refractivity contribution in [3.63, 3.8) is 0 Å². The van der Waals surface area contributed by atoms with Crippen LogP contribution in [0.3, 0.4) is 0 Å². The normalized spacial score (nSPS) is 10.9. The third kappa shape index (κ3) is 7.47. The Labute approximate surface area is 243 Å². The van der Waals surface area contributed by atoms with Crippen molar-refractivity contribution in [3.8, 4) is 5.75 Å². The summed E-state index contributed by atoms with van der Waals surface area (Å²) in [4.78, 5) is 33.5. The van der Waals surface area contributed by atoms with E-state index in [9.17, 15) is 9.59 Å². The highest BCUT2D eigenvalue weighted by Gasteiger charge is 2.23. The molecule has 0 bridgehead atoms. The molecule has 0 spiro atoms. The standard InChI is InChI=1S/C30H32Cl2N4O4/c1-39-16-15-36(30(38)34-23-11-12-25(31)26(32)17-23)20-29(37)35(19-22-7-3-6-10-28(22)40-2)14-13-21-18-33-27-9-5-4-8-24(21)27/h3-12,17-18,33H,13-16,19-20H2,1-2H3,(H,34,38). The van der Waals surface area contributed by atoms with E-state index in [-0.39, 0.29) is 25.6 Å². The molecule has 210 valence electrons. The van der Waals surface area contributed by atoms with E-state index in [2.05, 4.69) is 16.4 Å². The highest BCUT2D eigenvalue weighted by atomic mass is 35.5. The number of hydrogen-bond donors (Lipinski definition) is 2. The van der Waals surface area contributed by atoms with Gasteiger partial charge >= 0.3 is 6.03 Å². The molecular weight excluding hydrogens is 551 g/mol. The van der Waals surface area contributed by atoms with Crippen molar-refractivity contribution in [2.24, 2.45) is 0 Å². The van der Waals surface area contributed by atoms with E-state index in [1.165, 1.54) is 4.90 Å². The van der Waals surface area contributed by atoms with Gasteiger partial charge in [-0.05, 0) is 42.3 Å². The zero-order chi connectivity index (χ0) is 28.5. The van der Waals surface area contributed by atoms with Crippen molar-refractivity contribution in [1.82, 2.24) is 14.8 Å². The highest BCUT2D eigenvalue weighted by Crippen LogP contribution is 2.25. The second kappa shape index (κ2) is 14.1. The van der Waals surface area contributed by atoms with E-state index in [4.69, 9.17) is 32.7 Å². The first-order chi connectivity index (χ1) is 19.4. The smallest absolute Gasteiger partial charge is 0.322 e. The molecule has 40 heavy (non-hydrogen) atoms. The third-order valence-electron chi connectivity index (χ3n) is 6.58. The molecule has 0 aliphatic rings. The Kier molecular flexibility index (Phi) is 10.3. The van der Waals surface area contributed by atoms with Crippen LogP contribution in [0.1, 0.15) is 11.1 Å². The molecule has 0 saturated heterocycles. The van der Waals surface area contributed by atoms with E-state index >= 15 is 0 Å². The van der Waals surface area contributed by atoms with Crippen molar-refractivity contribution in [3.05, 3.63) is 94.1 Å². The van der Waals surface area contributed by atoms with Gasteiger partial charge in [0.05, 0.1) is 23.8 Å². The van der Waals surface area contributed by atoms with Gasteiger partial charge in [0.15, 0.2) is 0 Å². The van der Waals surface area contributed by atoms with Crippen molar-refractivity contribution in [2.45, 2.75) is 13.0 Å². The molecule has 2 N–H and O–H groups in total. The quantitative estimate of drug-likeness (QED) is 0.207. The third-order valence-corrected chi connectivity index (χ3v) is 7.32. The SMILES string of the molecule is COCCN(CC(=O)N(CCc1c[nH]c2ccccc12)Cc1ccccc1OC)C(=O)Nc1ccc(Cl)c(Cl)c1. The van der Waals surface area contributed by atoms with Crippen LogP contribution in [0.2, 0.25) is 10.0 Å². The monoisotopic (exact) mass is 582 g/mol. The molecule has 1 heterocycles. The number of amides is 3. The molecule has 0 unspecified atom stereocenters. The van der Waals surface area contributed by atoms with Gasteiger partial charge in [0.2, 0.25) is 5.91 Å². The van der Waals surface area contributed by atoms with Gasteiger partial charge in [-0.15, -0.1) is 0 Å². The molecule has 10 heteroatoms. The molecule has 8 nitrogen and oxygen atoms in total. The fourth-order valence-electron chi connectivity index (χ4n) is 4.42. The average molecular weight is 584 g/mol. The molecule has 3 amide bonds. The van der Waals surface area contributed by atoms with Crippen LogP contribution < -0.4 is 10.1 Å². The number of H-pyrrole nitrogens is 1. The van der Waals surface area contributed by atoms with Crippen LogP contribution in [0.15, 0.2) is 72.9 Å². The van der Waals surface area contributed by atoms with E-state index in [0.29, 0.717) is 41.0 Å². The lowest BCUT2D eigenvalue weighted by Gasteiger charge is -2.28. The molecule has 3 aromatic carbocycles. The van der Waals surface area contributed by atoms with Gasteiger partial charge in [0, 0.05) is 55.1 Å². The van der Waals surface area contributed by atoms with Crippen LogP contribution in [0.5, 0.6) is 5.75 Å². The Morgan fingerprint density at radius 1 is 0.900 bits per heavy atom. The average Bonchev–Trinajstić information content (AvgIpc) is 3.38. The van der Waals surface area contributed by atoms with Crippen LogP contribution in [-0.4, -0.2) is 67.2 Å². The largest absolute Gasteiger partial charge is 0.496 e. The van der Waals surface area contributed by atoms with Gasteiger partial charge in [-0.25, -0.2) is 4.79 Å². The van der Waals surface area contributed by atoms with Crippen LogP contribution in [-0.2, 0) is 22.5 Å². The number of nitrogens with one attached hydrogen (secondary N) is 2. The van der Waals surface area contributed by atoms with Crippen molar-refractivity contribution >= 4 is 51.7 Å². The molecule has 0 aliphatic carbocycles. The van der Waals surface area contributed by atoms with Gasteiger partial charge < -0.3 is 29.6 Å². The maximum Gasteiger partial charge on any atom is 0.322 e. The Bertz CT molecular complexity index is 1460. The number of benzene rings is 3. The lowest BCUT2D eigenvalue weighted by Crippen LogP contribution is -2.46. The van der Waals surface area contributed by atoms with Crippen molar-refractivity contribution in [1.29, 1.82) is 0 Å². The number of rotatable bonds is 12. The summed E-state index contributed by atoms with van der Waals surface area (Å²) in [6.45, 7) is 1.13. The summed E-state index contributed by atoms with van der Waals surface area (Å²) in [6.07, 6.45) is 2.62. The van der Waals surface area contributed by atoms with Crippen LogP contribution in [0, 0.1) is 0 Å². The second-order valence-electron chi connectivity index (χ2n) is 9.21. The number of anilines is 1. The first-order valence-corrected chi connectivity index (χ1v) is 13.6.